The largest absolute Gasteiger partial charge is 0.397 e. The Morgan fingerprint density at radius 2 is 1.82 bits per heavy atom. The molecule has 0 aliphatic carbocycles. The number of nitrogens with one attached hydrogen (secondary N) is 1. The molecule has 0 atom stereocenters. The van der Waals surface area contributed by atoms with Crippen molar-refractivity contribution in [3.05, 3.63) is 59.9 Å². The molecule has 0 fully saturated rings. The lowest BCUT2D eigenvalue weighted by molar-refractivity contribution is 0.102. The first kappa shape index (κ1) is 11.1. The highest BCUT2D eigenvalue weighted by molar-refractivity contribution is 6.05. The van der Waals surface area contributed by atoms with Crippen LogP contribution in [0.2, 0.25) is 0 Å². The lowest BCUT2D eigenvalue weighted by atomic mass is 10.2. The van der Waals surface area contributed by atoms with E-state index < -0.39 is 5.82 Å². The Kier molecular flexibility index (Phi) is 3.05. The molecule has 4 heteroatoms. The van der Waals surface area contributed by atoms with Crippen LogP contribution in [0, 0.1) is 5.82 Å². The molecule has 0 aromatic heterocycles. The minimum atomic E-state index is -0.442. The minimum absolute atomic E-state index is 0.277. The molecule has 0 bridgehead atoms. The Morgan fingerprint density at radius 3 is 2.53 bits per heavy atom. The average Bonchev–Trinajstić information content (AvgIpc) is 2.35. The van der Waals surface area contributed by atoms with Crippen molar-refractivity contribution in [3.63, 3.8) is 0 Å². The molecular weight excluding hydrogens is 219 g/mol. The number of benzene rings is 2. The van der Waals surface area contributed by atoms with E-state index in [1.54, 1.807) is 24.3 Å². The summed E-state index contributed by atoms with van der Waals surface area (Å²) in [6, 6.07) is 12.5. The van der Waals surface area contributed by atoms with E-state index in [1.165, 1.54) is 18.2 Å². The lowest BCUT2D eigenvalue weighted by Gasteiger charge is -2.08. The molecule has 2 rings (SSSR count). The van der Waals surface area contributed by atoms with Crippen LogP contribution in [0.3, 0.4) is 0 Å². The highest BCUT2D eigenvalue weighted by atomic mass is 19.1. The van der Waals surface area contributed by atoms with Crippen LogP contribution in [-0.2, 0) is 0 Å². The van der Waals surface area contributed by atoms with Gasteiger partial charge in [0, 0.05) is 5.56 Å². The van der Waals surface area contributed by atoms with Crippen molar-refractivity contribution in [1.29, 1.82) is 0 Å². The summed E-state index contributed by atoms with van der Waals surface area (Å²) in [5, 5.41) is 2.56. The number of rotatable bonds is 2. The van der Waals surface area contributed by atoms with Crippen molar-refractivity contribution in [3.8, 4) is 0 Å². The van der Waals surface area contributed by atoms with Crippen molar-refractivity contribution in [2.24, 2.45) is 0 Å². The summed E-state index contributed by atoms with van der Waals surface area (Å²) in [6.07, 6.45) is 0. The van der Waals surface area contributed by atoms with Crippen molar-refractivity contribution < 1.29 is 9.18 Å². The average molecular weight is 230 g/mol. The molecule has 0 radical (unpaired) electrons. The Morgan fingerprint density at radius 1 is 1.12 bits per heavy atom. The van der Waals surface area contributed by atoms with Gasteiger partial charge >= 0.3 is 0 Å². The van der Waals surface area contributed by atoms with Gasteiger partial charge in [-0.1, -0.05) is 18.2 Å². The predicted octanol–water partition coefficient (Wildman–Crippen LogP) is 2.66. The maximum Gasteiger partial charge on any atom is 0.255 e. The van der Waals surface area contributed by atoms with Gasteiger partial charge in [0.05, 0.1) is 11.4 Å². The van der Waals surface area contributed by atoms with Crippen LogP contribution in [0.5, 0.6) is 0 Å². The Labute approximate surface area is 98.1 Å². The summed E-state index contributed by atoms with van der Waals surface area (Å²) >= 11 is 0. The topological polar surface area (TPSA) is 55.1 Å². The minimum Gasteiger partial charge on any atom is -0.397 e. The standard InChI is InChI=1S/C13H11FN2O/c14-10-6-7-11(15)12(8-10)16-13(17)9-4-2-1-3-5-9/h1-8H,15H2,(H,16,17). The quantitative estimate of drug-likeness (QED) is 0.779. The number of nitrogen functional groups attached to an aromatic ring is 1. The van der Waals surface area contributed by atoms with Gasteiger partial charge < -0.3 is 11.1 Å². The normalized spacial score (nSPS) is 9.94. The zero-order valence-electron chi connectivity index (χ0n) is 8.98. The van der Waals surface area contributed by atoms with Gasteiger partial charge in [0.25, 0.3) is 5.91 Å². The summed E-state index contributed by atoms with van der Waals surface area (Å²) in [5.41, 5.74) is 6.74. The van der Waals surface area contributed by atoms with Crippen molar-refractivity contribution in [2.45, 2.75) is 0 Å². The number of carbonyl (C=O) groups is 1. The monoisotopic (exact) mass is 230 g/mol. The van der Waals surface area contributed by atoms with Crippen LogP contribution in [0.15, 0.2) is 48.5 Å². The highest BCUT2D eigenvalue weighted by Gasteiger charge is 2.07. The van der Waals surface area contributed by atoms with Gasteiger partial charge in [0.15, 0.2) is 0 Å². The van der Waals surface area contributed by atoms with Crippen molar-refractivity contribution in [2.75, 3.05) is 11.1 Å². The third-order valence-electron chi connectivity index (χ3n) is 2.30. The molecule has 0 saturated heterocycles. The predicted molar refractivity (Wildman–Crippen MR) is 65.2 cm³/mol. The molecule has 3 N–H and O–H groups in total. The van der Waals surface area contributed by atoms with E-state index in [0.717, 1.165) is 0 Å². The molecule has 3 nitrogen and oxygen atoms in total. The van der Waals surface area contributed by atoms with Crippen LogP contribution in [0.4, 0.5) is 15.8 Å². The zero-order chi connectivity index (χ0) is 12.3. The number of hydrogen-bond donors (Lipinski definition) is 2. The molecule has 0 aliphatic heterocycles. The van der Waals surface area contributed by atoms with Crippen molar-refractivity contribution >= 4 is 17.3 Å². The van der Waals surface area contributed by atoms with Gasteiger partial charge in [-0.25, -0.2) is 4.39 Å². The maximum absolute atomic E-state index is 13.0. The summed E-state index contributed by atoms with van der Waals surface area (Å²) in [5.74, 6) is -0.759. The highest BCUT2D eigenvalue weighted by Crippen LogP contribution is 2.19. The van der Waals surface area contributed by atoms with E-state index in [9.17, 15) is 9.18 Å². The van der Waals surface area contributed by atoms with E-state index in [0.29, 0.717) is 11.3 Å². The Balaban J connectivity index is 2.22. The maximum atomic E-state index is 13.0. The SMILES string of the molecule is Nc1ccc(F)cc1NC(=O)c1ccccc1. The third kappa shape index (κ3) is 2.60. The number of anilines is 2. The fourth-order valence-electron chi connectivity index (χ4n) is 1.42. The molecule has 0 unspecified atom stereocenters. The van der Waals surface area contributed by atoms with Gasteiger partial charge in [-0.15, -0.1) is 0 Å². The number of halogens is 1. The fraction of sp³-hybridized carbons (Fsp3) is 0. The van der Waals surface area contributed by atoms with Gasteiger partial charge in [-0.3, -0.25) is 4.79 Å². The lowest BCUT2D eigenvalue weighted by Crippen LogP contribution is -2.13. The van der Waals surface area contributed by atoms with Crippen LogP contribution >= 0.6 is 0 Å². The second-order valence-electron chi connectivity index (χ2n) is 3.55. The fourth-order valence-corrected chi connectivity index (χ4v) is 1.42. The number of nitrogens with two attached hydrogens (primary N) is 1. The molecule has 86 valence electrons. The van der Waals surface area contributed by atoms with E-state index in [2.05, 4.69) is 5.32 Å². The van der Waals surface area contributed by atoms with E-state index in [-0.39, 0.29) is 11.6 Å². The molecule has 0 aliphatic rings. The van der Waals surface area contributed by atoms with Gasteiger partial charge in [0.1, 0.15) is 5.82 Å². The molecule has 0 saturated carbocycles. The summed E-state index contributed by atoms with van der Waals surface area (Å²) in [7, 11) is 0. The second-order valence-corrected chi connectivity index (χ2v) is 3.55. The Bertz CT molecular complexity index is 540. The first-order chi connectivity index (χ1) is 8.16. The van der Waals surface area contributed by atoms with E-state index in [4.69, 9.17) is 5.73 Å². The molecule has 0 heterocycles. The summed E-state index contributed by atoms with van der Waals surface area (Å²) in [6.45, 7) is 0. The van der Waals surface area contributed by atoms with E-state index >= 15 is 0 Å². The van der Waals surface area contributed by atoms with Crippen molar-refractivity contribution in [1.82, 2.24) is 0 Å². The number of carbonyl (C=O) groups excluding carboxylic acids is 1. The summed E-state index contributed by atoms with van der Waals surface area (Å²) < 4.78 is 13.0. The third-order valence-corrected chi connectivity index (χ3v) is 2.30. The molecule has 0 spiro atoms. The van der Waals surface area contributed by atoms with Crippen LogP contribution < -0.4 is 11.1 Å². The van der Waals surface area contributed by atoms with Gasteiger partial charge in [0.2, 0.25) is 0 Å². The van der Waals surface area contributed by atoms with Gasteiger partial charge in [-0.2, -0.15) is 0 Å². The second kappa shape index (κ2) is 4.65. The molecular formula is C13H11FN2O. The Hall–Kier alpha value is -2.36. The van der Waals surface area contributed by atoms with Crippen LogP contribution in [-0.4, -0.2) is 5.91 Å². The molecule has 2 aromatic rings. The number of amides is 1. The van der Waals surface area contributed by atoms with Crippen LogP contribution in [0.1, 0.15) is 10.4 Å². The van der Waals surface area contributed by atoms with Gasteiger partial charge in [-0.05, 0) is 30.3 Å². The first-order valence-electron chi connectivity index (χ1n) is 5.08. The smallest absolute Gasteiger partial charge is 0.255 e. The summed E-state index contributed by atoms with van der Waals surface area (Å²) in [4.78, 5) is 11.8. The molecule has 1 amide bonds. The van der Waals surface area contributed by atoms with Crippen LogP contribution in [0.25, 0.3) is 0 Å². The zero-order valence-corrected chi connectivity index (χ0v) is 8.98. The number of hydrogen-bond acceptors (Lipinski definition) is 2. The molecule has 2 aromatic carbocycles. The molecule has 17 heavy (non-hydrogen) atoms. The van der Waals surface area contributed by atoms with E-state index in [1.807, 2.05) is 6.07 Å². The first-order valence-corrected chi connectivity index (χ1v) is 5.08.